The molecule has 2 heterocycles. The molecular weight excluding hydrogens is 317 g/mol. The minimum absolute atomic E-state index is 0.0281. The lowest BCUT2D eigenvalue weighted by molar-refractivity contribution is -0.141. The van der Waals surface area contributed by atoms with E-state index in [4.69, 9.17) is 0 Å². The van der Waals surface area contributed by atoms with Crippen molar-refractivity contribution in [3.8, 4) is 11.3 Å². The van der Waals surface area contributed by atoms with Gasteiger partial charge in [0, 0.05) is 19.8 Å². The Morgan fingerprint density at radius 3 is 2.46 bits per heavy atom. The summed E-state index contributed by atoms with van der Waals surface area (Å²) in [4.78, 5) is 4.13. The normalized spacial score (nSPS) is 11.5. The van der Waals surface area contributed by atoms with Crippen LogP contribution in [0.2, 0.25) is 0 Å². The Balaban J connectivity index is 1.78. The predicted molar refractivity (Wildman–Crippen MR) is 85.2 cm³/mol. The van der Waals surface area contributed by atoms with Crippen molar-refractivity contribution < 1.29 is 13.2 Å². The number of hydrogen-bond donors (Lipinski definition) is 1. The third-order valence-electron chi connectivity index (χ3n) is 3.48. The number of halogens is 3. The molecule has 0 aliphatic rings. The summed E-state index contributed by atoms with van der Waals surface area (Å²) in [6.07, 6.45) is -1.67. The van der Waals surface area contributed by atoms with Gasteiger partial charge in [-0.05, 0) is 17.7 Å². The summed E-state index contributed by atoms with van der Waals surface area (Å²) < 4.78 is 40.2. The average Bonchev–Trinajstić information content (AvgIpc) is 2.97. The minimum Gasteiger partial charge on any atom is -0.380 e. The molecule has 0 bridgehead atoms. The number of anilines is 1. The molecule has 1 N–H and O–H groups in total. The van der Waals surface area contributed by atoms with E-state index in [0.29, 0.717) is 6.54 Å². The Morgan fingerprint density at radius 1 is 1.08 bits per heavy atom. The summed E-state index contributed by atoms with van der Waals surface area (Å²) in [6, 6.07) is 13.1. The fourth-order valence-corrected chi connectivity index (χ4v) is 2.34. The van der Waals surface area contributed by atoms with Crippen molar-refractivity contribution in [2.24, 2.45) is 7.05 Å². The van der Waals surface area contributed by atoms with Crippen LogP contribution < -0.4 is 5.32 Å². The van der Waals surface area contributed by atoms with Crippen molar-refractivity contribution in [3.63, 3.8) is 0 Å². The Labute approximate surface area is 137 Å². The topological polar surface area (TPSA) is 42.7 Å². The summed E-state index contributed by atoms with van der Waals surface area (Å²) in [5.74, 6) is 0. The summed E-state index contributed by atoms with van der Waals surface area (Å²) in [5, 5.41) is 6.68. The molecule has 3 aromatic rings. The number of benzene rings is 1. The second-order valence-electron chi connectivity index (χ2n) is 5.33. The molecule has 24 heavy (non-hydrogen) atoms. The maximum absolute atomic E-state index is 13.0. The van der Waals surface area contributed by atoms with Gasteiger partial charge in [-0.2, -0.15) is 18.3 Å². The van der Waals surface area contributed by atoms with Crippen molar-refractivity contribution in [1.29, 1.82) is 0 Å². The highest BCUT2D eigenvalue weighted by atomic mass is 19.4. The van der Waals surface area contributed by atoms with E-state index >= 15 is 0 Å². The van der Waals surface area contributed by atoms with Gasteiger partial charge >= 0.3 is 6.18 Å². The number of alkyl halides is 3. The van der Waals surface area contributed by atoms with Gasteiger partial charge in [-0.1, -0.05) is 30.3 Å². The molecule has 0 unspecified atom stereocenters. The maximum atomic E-state index is 13.0. The molecule has 2 aromatic heterocycles. The lowest BCUT2D eigenvalue weighted by Gasteiger charge is -2.08. The van der Waals surface area contributed by atoms with E-state index < -0.39 is 11.9 Å². The van der Waals surface area contributed by atoms with E-state index in [1.54, 1.807) is 12.1 Å². The molecule has 0 radical (unpaired) electrons. The number of rotatable bonds is 4. The third-order valence-corrected chi connectivity index (χ3v) is 3.48. The van der Waals surface area contributed by atoms with E-state index in [-0.39, 0.29) is 11.3 Å². The third kappa shape index (κ3) is 3.56. The second-order valence-corrected chi connectivity index (χ2v) is 5.33. The molecule has 0 atom stereocenters. The first-order valence-corrected chi connectivity index (χ1v) is 7.28. The van der Waals surface area contributed by atoms with Crippen LogP contribution in [0.1, 0.15) is 11.3 Å². The van der Waals surface area contributed by atoms with Crippen LogP contribution in [0.4, 0.5) is 18.9 Å². The van der Waals surface area contributed by atoms with Crippen molar-refractivity contribution >= 4 is 5.69 Å². The molecule has 0 fully saturated rings. The predicted octanol–water partition coefficient (Wildman–Crippen LogP) is 4.11. The highest BCUT2D eigenvalue weighted by Crippen LogP contribution is 2.35. The number of pyridine rings is 1. The van der Waals surface area contributed by atoms with Crippen LogP contribution in [0.25, 0.3) is 11.3 Å². The van der Waals surface area contributed by atoms with E-state index in [1.165, 1.54) is 19.4 Å². The first-order chi connectivity index (χ1) is 11.4. The lowest BCUT2D eigenvalue weighted by Crippen LogP contribution is -2.08. The first kappa shape index (κ1) is 16.0. The highest BCUT2D eigenvalue weighted by Gasteiger charge is 2.37. The Bertz CT molecular complexity index is 808. The number of aryl methyl sites for hydroxylation is 1. The fraction of sp³-hybridized carbons (Fsp3) is 0.176. The number of nitrogens with one attached hydrogen (secondary N) is 1. The van der Waals surface area contributed by atoms with Crippen LogP contribution in [-0.2, 0) is 19.8 Å². The number of aromatic nitrogens is 3. The lowest BCUT2D eigenvalue weighted by atomic mass is 10.1. The summed E-state index contributed by atoms with van der Waals surface area (Å²) >= 11 is 0. The van der Waals surface area contributed by atoms with Gasteiger partial charge in [-0.3, -0.25) is 9.67 Å². The van der Waals surface area contributed by atoms with Gasteiger partial charge in [0.2, 0.25) is 0 Å². The Kier molecular flexibility index (Phi) is 4.24. The fourth-order valence-electron chi connectivity index (χ4n) is 2.34. The summed E-state index contributed by atoms with van der Waals surface area (Å²) in [7, 11) is 1.45. The molecule has 7 heteroatoms. The zero-order valence-corrected chi connectivity index (χ0v) is 12.9. The molecule has 0 spiro atoms. The van der Waals surface area contributed by atoms with E-state index in [2.05, 4.69) is 15.4 Å². The zero-order chi connectivity index (χ0) is 17.2. The average molecular weight is 332 g/mol. The second kappa shape index (κ2) is 6.35. The van der Waals surface area contributed by atoms with E-state index in [0.717, 1.165) is 15.9 Å². The van der Waals surface area contributed by atoms with Crippen LogP contribution >= 0.6 is 0 Å². The van der Waals surface area contributed by atoms with Gasteiger partial charge in [0.05, 0.1) is 23.1 Å². The molecule has 0 aliphatic carbocycles. The van der Waals surface area contributed by atoms with Crippen molar-refractivity contribution in [3.05, 3.63) is 66.1 Å². The van der Waals surface area contributed by atoms with Gasteiger partial charge in [-0.15, -0.1) is 0 Å². The van der Waals surface area contributed by atoms with Crippen molar-refractivity contribution in [2.75, 3.05) is 5.32 Å². The molecule has 3 rings (SSSR count). The molecule has 124 valence electrons. The molecular formula is C17H15F3N4. The van der Waals surface area contributed by atoms with Crippen LogP contribution in [-0.4, -0.2) is 14.8 Å². The largest absolute Gasteiger partial charge is 0.435 e. The molecule has 0 saturated carbocycles. The molecule has 0 saturated heterocycles. The van der Waals surface area contributed by atoms with E-state index in [1.807, 2.05) is 30.3 Å². The van der Waals surface area contributed by atoms with Crippen LogP contribution in [0.3, 0.4) is 0 Å². The van der Waals surface area contributed by atoms with Gasteiger partial charge < -0.3 is 5.32 Å². The van der Waals surface area contributed by atoms with E-state index in [9.17, 15) is 13.2 Å². The zero-order valence-electron chi connectivity index (χ0n) is 12.9. The van der Waals surface area contributed by atoms with Gasteiger partial charge in [0.15, 0.2) is 5.69 Å². The highest BCUT2D eigenvalue weighted by molar-refractivity contribution is 5.63. The smallest absolute Gasteiger partial charge is 0.380 e. The van der Waals surface area contributed by atoms with Crippen molar-refractivity contribution in [2.45, 2.75) is 12.7 Å². The van der Waals surface area contributed by atoms with Gasteiger partial charge in [0.25, 0.3) is 0 Å². The standard InChI is InChI=1S/C17H15F3N4/c1-24-11-14(16(23-24)17(18,19)20)15-8-7-13(10-22-15)21-9-12-5-3-2-4-6-12/h2-8,10-11,21H,9H2,1H3. The Hall–Kier alpha value is -2.83. The molecule has 4 nitrogen and oxygen atoms in total. The number of hydrogen-bond acceptors (Lipinski definition) is 3. The SMILES string of the molecule is Cn1cc(-c2ccc(NCc3ccccc3)cn2)c(C(F)(F)F)n1. The van der Waals surface area contributed by atoms with Crippen LogP contribution in [0, 0.1) is 0 Å². The van der Waals surface area contributed by atoms with Crippen LogP contribution in [0.5, 0.6) is 0 Å². The number of nitrogens with zero attached hydrogens (tertiary/aromatic N) is 3. The monoisotopic (exact) mass is 332 g/mol. The molecule has 0 aliphatic heterocycles. The maximum Gasteiger partial charge on any atom is 0.435 e. The molecule has 0 amide bonds. The van der Waals surface area contributed by atoms with Crippen molar-refractivity contribution in [1.82, 2.24) is 14.8 Å². The van der Waals surface area contributed by atoms with Gasteiger partial charge in [0.1, 0.15) is 0 Å². The first-order valence-electron chi connectivity index (χ1n) is 7.28. The Morgan fingerprint density at radius 2 is 1.83 bits per heavy atom. The minimum atomic E-state index is -4.51. The van der Waals surface area contributed by atoms with Crippen LogP contribution in [0.15, 0.2) is 54.9 Å². The summed E-state index contributed by atoms with van der Waals surface area (Å²) in [5.41, 5.74) is 1.12. The van der Waals surface area contributed by atoms with Gasteiger partial charge in [-0.25, -0.2) is 0 Å². The quantitative estimate of drug-likeness (QED) is 0.782. The molecule has 1 aromatic carbocycles. The summed E-state index contributed by atoms with van der Waals surface area (Å²) in [6.45, 7) is 0.614.